The number of dihydropyridines is 1. The maximum Gasteiger partial charge on any atom is 0.118 e. The highest BCUT2D eigenvalue weighted by molar-refractivity contribution is 5.17. The van der Waals surface area contributed by atoms with Gasteiger partial charge in [-0.05, 0) is 50.6 Å². The minimum atomic E-state index is 0.291. The highest BCUT2D eigenvalue weighted by Crippen LogP contribution is 2.25. The van der Waals surface area contributed by atoms with Crippen LogP contribution in [0.15, 0.2) is 24.1 Å². The van der Waals surface area contributed by atoms with Crippen LogP contribution in [0.4, 0.5) is 0 Å². The van der Waals surface area contributed by atoms with Gasteiger partial charge in [0.15, 0.2) is 0 Å². The van der Waals surface area contributed by atoms with Gasteiger partial charge in [-0.1, -0.05) is 13.8 Å². The summed E-state index contributed by atoms with van der Waals surface area (Å²) in [5, 5.41) is 6.74. The average molecular weight is 250 g/mol. The number of hydrogen-bond donors (Lipinski definition) is 2. The van der Waals surface area contributed by atoms with Crippen LogP contribution in [0.5, 0.6) is 0 Å². The van der Waals surface area contributed by atoms with Gasteiger partial charge in [0.2, 0.25) is 0 Å². The molecule has 0 spiro atoms. The molecule has 2 aliphatic rings. The monoisotopic (exact) mass is 250 g/mol. The lowest BCUT2D eigenvalue weighted by Crippen LogP contribution is -2.33. The maximum absolute atomic E-state index is 6.31. The van der Waals surface area contributed by atoms with Crippen molar-refractivity contribution in [3.05, 3.63) is 24.1 Å². The zero-order chi connectivity index (χ0) is 13.0. The number of allylic oxidation sites excluding steroid dienone is 2. The Bertz CT molecular complexity index is 316. The van der Waals surface area contributed by atoms with Crippen molar-refractivity contribution in [2.75, 3.05) is 13.1 Å². The smallest absolute Gasteiger partial charge is 0.118 e. The van der Waals surface area contributed by atoms with E-state index in [1.54, 1.807) is 0 Å². The Hall–Kier alpha value is -0.960. The number of hydrogen-bond acceptors (Lipinski definition) is 3. The third-order valence-corrected chi connectivity index (χ3v) is 3.75. The molecule has 102 valence electrons. The molecule has 0 saturated carbocycles. The molecule has 2 N–H and O–H groups in total. The number of rotatable bonds is 5. The van der Waals surface area contributed by atoms with E-state index in [9.17, 15) is 0 Å². The van der Waals surface area contributed by atoms with Gasteiger partial charge >= 0.3 is 0 Å². The third-order valence-electron chi connectivity index (χ3n) is 3.75. The molecule has 2 heterocycles. The largest absolute Gasteiger partial charge is 0.492 e. The van der Waals surface area contributed by atoms with Crippen molar-refractivity contribution in [3.8, 4) is 0 Å². The quantitative estimate of drug-likeness (QED) is 0.786. The van der Waals surface area contributed by atoms with Crippen LogP contribution < -0.4 is 10.6 Å². The highest BCUT2D eigenvalue weighted by Gasteiger charge is 2.28. The van der Waals surface area contributed by atoms with Crippen LogP contribution in [0, 0.1) is 11.8 Å². The summed E-state index contributed by atoms with van der Waals surface area (Å²) in [6, 6.07) is 0.291. The lowest BCUT2D eigenvalue weighted by atomic mass is 9.93. The Morgan fingerprint density at radius 3 is 2.89 bits per heavy atom. The van der Waals surface area contributed by atoms with Gasteiger partial charge in [0, 0.05) is 12.5 Å². The third kappa shape index (κ3) is 3.52. The molecule has 3 unspecified atom stereocenters. The van der Waals surface area contributed by atoms with E-state index >= 15 is 0 Å². The fraction of sp³-hybridized carbons (Fsp3) is 0.733. The van der Waals surface area contributed by atoms with Crippen LogP contribution in [-0.4, -0.2) is 25.2 Å². The molecule has 3 nitrogen and oxygen atoms in total. The molecule has 1 saturated heterocycles. The Morgan fingerprint density at radius 1 is 1.44 bits per heavy atom. The van der Waals surface area contributed by atoms with Gasteiger partial charge in [0.25, 0.3) is 0 Å². The first-order valence-electron chi connectivity index (χ1n) is 7.17. The molecule has 1 fully saturated rings. The summed E-state index contributed by atoms with van der Waals surface area (Å²) in [6.45, 7) is 8.93. The summed E-state index contributed by atoms with van der Waals surface area (Å²) in [6.07, 6.45) is 8.82. The SMILES string of the molecule is CC(C)CC(OC1=CC=CNC1C)C1CCNC1. The van der Waals surface area contributed by atoms with E-state index < -0.39 is 0 Å². The minimum absolute atomic E-state index is 0.291. The van der Waals surface area contributed by atoms with Gasteiger partial charge in [0.1, 0.15) is 11.9 Å². The number of ether oxygens (including phenoxy) is 1. The fourth-order valence-electron chi connectivity index (χ4n) is 2.68. The van der Waals surface area contributed by atoms with Crippen molar-refractivity contribution < 1.29 is 4.74 Å². The van der Waals surface area contributed by atoms with Crippen molar-refractivity contribution >= 4 is 0 Å². The summed E-state index contributed by atoms with van der Waals surface area (Å²) >= 11 is 0. The molecule has 2 aliphatic heterocycles. The highest BCUT2D eigenvalue weighted by atomic mass is 16.5. The Balaban J connectivity index is 1.99. The van der Waals surface area contributed by atoms with E-state index in [2.05, 4.69) is 37.5 Å². The second-order valence-corrected chi connectivity index (χ2v) is 5.86. The maximum atomic E-state index is 6.31. The molecule has 3 atom stereocenters. The van der Waals surface area contributed by atoms with Gasteiger partial charge in [-0.2, -0.15) is 0 Å². The first-order valence-corrected chi connectivity index (χ1v) is 7.17. The summed E-state index contributed by atoms with van der Waals surface area (Å²) < 4.78 is 6.31. The molecular formula is C15H26N2O. The molecule has 18 heavy (non-hydrogen) atoms. The Labute approximate surface area is 111 Å². The minimum Gasteiger partial charge on any atom is -0.492 e. The van der Waals surface area contributed by atoms with Gasteiger partial charge in [-0.3, -0.25) is 0 Å². The topological polar surface area (TPSA) is 33.3 Å². The van der Waals surface area contributed by atoms with Crippen molar-refractivity contribution in [2.24, 2.45) is 11.8 Å². The predicted molar refractivity (Wildman–Crippen MR) is 75.1 cm³/mol. The molecule has 0 radical (unpaired) electrons. The van der Waals surface area contributed by atoms with Gasteiger partial charge in [-0.15, -0.1) is 0 Å². The molecule has 0 aromatic rings. The Morgan fingerprint density at radius 2 is 2.28 bits per heavy atom. The summed E-state index contributed by atoms with van der Waals surface area (Å²) in [5.41, 5.74) is 0. The second-order valence-electron chi connectivity index (χ2n) is 5.86. The molecule has 2 rings (SSSR count). The van der Waals surface area contributed by atoms with Crippen LogP contribution in [0.25, 0.3) is 0 Å². The molecule has 0 aromatic heterocycles. The van der Waals surface area contributed by atoms with Crippen LogP contribution in [0.3, 0.4) is 0 Å². The van der Waals surface area contributed by atoms with E-state index in [1.807, 2.05) is 12.3 Å². The average Bonchev–Trinajstić information content (AvgIpc) is 2.84. The normalized spacial score (nSPS) is 29.0. The van der Waals surface area contributed by atoms with E-state index in [1.165, 1.54) is 6.42 Å². The van der Waals surface area contributed by atoms with Crippen molar-refractivity contribution in [1.29, 1.82) is 0 Å². The zero-order valence-electron chi connectivity index (χ0n) is 11.8. The van der Waals surface area contributed by atoms with Crippen LogP contribution in [0.1, 0.15) is 33.6 Å². The van der Waals surface area contributed by atoms with E-state index in [0.29, 0.717) is 24.0 Å². The van der Waals surface area contributed by atoms with E-state index in [0.717, 1.165) is 25.3 Å². The van der Waals surface area contributed by atoms with Crippen LogP contribution in [0.2, 0.25) is 0 Å². The van der Waals surface area contributed by atoms with Crippen molar-refractivity contribution in [3.63, 3.8) is 0 Å². The standard InChI is InChI=1S/C15H26N2O/c1-11(2)9-15(13-6-8-16-10-13)18-14-5-4-7-17-12(14)3/h4-5,7,11-13,15-17H,6,8-10H2,1-3H3. The molecule has 0 amide bonds. The van der Waals surface area contributed by atoms with Crippen molar-refractivity contribution in [2.45, 2.75) is 45.8 Å². The predicted octanol–water partition coefficient (Wildman–Crippen LogP) is 2.42. The summed E-state index contributed by atoms with van der Waals surface area (Å²) in [5.74, 6) is 2.42. The lowest BCUT2D eigenvalue weighted by Gasteiger charge is -2.30. The molecule has 3 heteroatoms. The first-order chi connectivity index (χ1) is 8.66. The van der Waals surface area contributed by atoms with E-state index in [-0.39, 0.29) is 0 Å². The first kappa shape index (κ1) is 13.5. The van der Waals surface area contributed by atoms with E-state index in [4.69, 9.17) is 4.74 Å². The van der Waals surface area contributed by atoms with Crippen LogP contribution >= 0.6 is 0 Å². The molecular weight excluding hydrogens is 224 g/mol. The van der Waals surface area contributed by atoms with Gasteiger partial charge in [-0.25, -0.2) is 0 Å². The Kier molecular flexibility index (Phi) is 4.70. The molecule has 0 aromatic carbocycles. The summed E-state index contributed by atoms with van der Waals surface area (Å²) in [7, 11) is 0. The lowest BCUT2D eigenvalue weighted by molar-refractivity contribution is 0.0439. The van der Waals surface area contributed by atoms with Crippen molar-refractivity contribution in [1.82, 2.24) is 10.6 Å². The second kappa shape index (κ2) is 6.28. The zero-order valence-corrected chi connectivity index (χ0v) is 11.8. The van der Waals surface area contributed by atoms with Crippen LogP contribution in [-0.2, 0) is 4.74 Å². The van der Waals surface area contributed by atoms with Gasteiger partial charge < -0.3 is 15.4 Å². The molecule has 0 bridgehead atoms. The van der Waals surface area contributed by atoms with Gasteiger partial charge in [0.05, 0.1) is 6.04 Å². The summed E-state index contributed by atoms with van der Waals surface area (Å²) in [4.78, 5) is 0. The number of nitrogens with one attached hydrogen (secondary N) is 2. The fourth-order valence-corrected chi connectivity index (χ4v) is 2.68. The molecule has 0 aliphatic carbocycles.